The molecule has 0 fully saturated rings. The Morgan fingerprint density at radius 2 is 2.24 bits per heavy atom. The Balaban J connectivity index is 1.92. The molecule has 3 heteroatoms. The van der Waals surface area contributed by atoms with Gasteiger partial charge in [-0.1, -0.05) is 11.6 Å². The summed E-state index contributed by atoms with van der Waals surface area (Å²) in [5, 5.41) is 2.07. The zero-order chi connectivity index (χ0) is 14.4. The molecule has 0 unspecified atom stereocenters. The van der Waals surface area contributed by atoms with Crippen LogP contribution in [0.1, 0.15) is 43.0 Å². The molecule has 3 aliphatic rings. The molecule has 21 heavy (non-hydrogen) atoms. The molecule has 106 valence electrons. The number of benzene rings is 1. The van der Waals surface area contributed by atoms with Gasteiger partial charge in [0.05, 0.1) is 23.2 Å². The number of hydrogen-bond donors (Lipinski definition) is 0. The van der Waals surface area contributed by atoms with E-state index in [0.29, 0.717) is 12.2 Å². The largest absolute Gasteiger partial charge is 0.462 e. The van der Waals surface area contributed by atoms with Crippen LogP contribution in [0.15, 0.2) is 46.1 Å². The lowest BCUT2D eigenvalue weighted by atomic mass is 9.91. The fraction of sp³-hybridized carbons (Fsp3) is 0.333. The van der Waals surface area contributed by atoms with Gasteiger partial charge in [-0.2, -0.15) is 0 Å². The number of esters is 1. The van der Waals surface area contributed by atoms with Gasteiger partial charge in [-0.3, -0.25) is 0 Å². The second-order valence-corrected chi connectivity index (χ2v) is 5.67. The Morgan fingerprint density at radius 1 is 1.33 bits per heavy atom. The fourth-order valence-electron chi connectivity index (χ4n) is 3.52. The third kappa shape index (κ3) is 1.88. The van der Waals surface area contributed by atoms with Crippen LogP contribution < -0.4 is 10.6 Å². The van der Waals surface area contributed by atoms with Crippen LogP contribution in [-0.2, 0) is 4.74 Å². The van der Waals surface area contributed by atoms with Gasteiger partial charge >= 0.3 is 5.97 Å². The maximum atomic E-state index is 11.9. The van der Waals surface area contributed by atoms with Crippen molar-refractivity contribution in [2.75, 3.05) is 6.61 Å². The highest BCUT2D eigenvalue weighted by molar-refractivity contribution is 5.90. The van der Waals surface area contributed by atoms with Gasteiger partial charge in [0, 0.05) is 10.8 Å². The van der Waals surface area contributed by atoms with E-state index in [0.717, 1.165) is 29.1 Å². The molecule has 4 rings (SSSR count). The summed E-state index contributed by atoms with van der Waals surface area (Å²) < 4.78 is 5.10. The molecule has 3 nitrogen and oxygen atoms in total. The van der Waals surface area contributed by atoms with Crippen molar-refractivity contribution in [3.8, 4) is 0 Å². The monoisotopic (exact) mass is 279 g/mol. The Kier molecular flexibility index (Phi) is 2.81. The quantitative estimate of drug-likeness (QED) is 0.780. The number of hydrogen-bond acceptors (Lipinski definition) is 3. The molecule has 0 bridgehead atoms. The molecule has 0 saturated heterocycles. The summed E-state index contributed by atoms with van der Waals surface area (Å²) in [6.07, 6.45) is 6.85. The van der Waals surface area contributed by atoms with Crippen molar-refractivity contribution in [1.82, 2.24) is 0 Å². The second-order valence-electron chi connectivity index (χ2n) is 5.67. The minimum atomic E-state index is -0.255. The van der Waals surface area contributed by atoms with E-state index in [1.165, 1.54) is 24.0 Å². The zero-order valence-corrected chi connectivity index (χ0v) is 12.1. The van der Waals surface area contributed by atoms with Crippen molar-refractivity contribution in [2.45, 2.75) is 32.6 Å². The van der Waals surface area contributed by atoms with Crippen LogP contribution in [0, 0.1) is 0 Å². The predicted molar refractivity (Wildman–Crippen MR) is 80.2 cm³/mol. The highest BCUT2D eigenvalue weighted by Crippen LogP contribution is 2.41. The van der Waals surface area contributed by atoms with Crippen LogP contribution in [0.4, 0.5) is 0 Å². The molecule has 1 heterocycles. The van der Waals surface area contributed by atoms with Gasteiger partial charge in [-0.05, 0) is 56.4 Å². The molecule has 2 aliphatic carbocycles. The summed E-state index contributed by atoms with van der Waals surface area (Å²) in [5.41, 5.74) is 5.99. The number of ether oxygens (including phenoxy) is 1. The van der Waals surface area contributed by atoms with E-state index >= 15 is 0 Å². The molecular formula is C18H17NO2. The second kappa shape index (κ2) is 4.69. The lowest BCUT2D eigenvalue weighted by Gasteiger charge is -2.14. The van der Waals surface area contributed by atoms with E-state index in [2.05, 4.69) is 6.08 Å². The van der Waals surface area contributed by atoms with Crippen LogP contribution in [0.2, 0.25) is 0 Å². The Hall–Kier alpha value is -2.16. The van der Waals surface area contributed by atoms with E-state index in [-0.39, 0.29) is 5.97 Å². The van der Waals surface area contributed by atoms with Gasteiger partial charge in [0.2, 0.25) is 0 Å². The maximum Gasteiger partial charge on any atom is 0.338 e. The van der Waals surface area contributed by atoms with Gasteiger partial charge in [0.1, 0.15) is 0 Å². The Morgan fingerprint density at radius 3 is 3.10 bits per heavy atom. The molecule has 0 radical (unpaired) electrons. The number of nitrogens with zero attached hydrogens (tertiary/aromatic N) is 1. The zero-order valence-electron chi connectivity index (χ0n) is 12.1. The highest BCUT2D eigenvalue weighted by atomic mass is 16.5. The van der Waals surface area contributed by atoms with Crippen LogP contribution in [0.5, 0.6) is 0 Å². The topological polar surface area (TPSA) is 38.7 Å². The van der Waals surface area contributed by atoms with Crippen molar-refractivity contribution in [2.24, 2.45) is 4.99 Å². The van der Waals surface area contributed by atoms with Crippen molar-refractivity contribution in [3.63, 3.8) is 0 Å². The molecule has 0 aromatic heterocycles. The molecule has 0 amide bonds. The normalized spacial score (nSPS) is 18.7. The highest BCUT2D eigenvalue weighted by Gasteiger charge is 2.26. The number of carbonyl (C=O) groups excluding carboxylic acids is 1. The molecule has 0 spiro atoms. The summed E-state index contributed by atoms with van der Waals surface area (Å²) >= 11 is 0. The Labute approximate surface area is 123 Å². The van der Waals surface area contributed by atoms with Crippen molar-refractivity contribution in [1.29, 1.82) is 0 Å². The number of rotatable bonds is 2. The minimum absolute atomic E-state index is 0.255. The van der Waals surface area contributed by atoms with E-state index in [1.807, 2.05) is 25.1 Å². The lowest BCUT2D eigenvalue weighted by molar-refractivity contribution is 0.0526. The first kappa shape index (κ1) is 12.6. The van der Waals surface area contributed by atoms with Crippen LogP contribution >= 0.6 is 0 Å². The summed E-state index contributed by atoms with van der Waals surface area (Å²) in [7, 11) is 0. The van der Waals surface area contributed by atoms with Crippen LogP contribution in [0.25, 0.3) is 5.57 Å². The van der Waals surface area contributed by atoms with Crippen LogP contribution in [-0.4, -0.2) is 12.6 Å². The minimum Gasteiger partial charge on any atom is -0.462 e. The SMILES string of the molecule is CCOC(=O)c1ccc2c(c1)=C1C(=CCC3=C1CCC3)N=2. The summed E-state index contributed by atoms with van der Waals surface area (Å²) in [6, 6.07) is 5.69. The average Bonchev–Trinajstić information content (AvgIpc) is 3.09. The van der Waals surface area contributed by atoms with Crippen molar-refractivity contribution < 1.29 is 9.53 Å². The van der Waals surface area contributed by atoms with E-state index in [4.69, 9.17) is 9.73 Å². The third-order valence-electron chi connectivity index (χ3n) is 4.45. The molecule has 0 saturated carbocycles. The lowest BCUT2D eigenvalue weighted by Crippen LogP contribution is -2.25. The number of fused-ring (bicyclic) bond motifs is 3. The summed E-state index contributed by atoms with van der Waals surface area (Å²) in [4.78, 5) is 16.7. The Bertz CT molecular complexity index is 827. The summed E-state index contributed by atoms with van der Waals surface area (Å²) in [6.45, 7) is 2.23. The van der Waals surface area contributed by atoms with E-state index in [1.54, 1.807) is 5.57 Å². The number of allylic oxidation sites excluding steroid dienone is 3. The van der Waals surface area contributed by atoms with Crippen molar-refractivity contribution in [3.05, 3.63) is 57.3 Å². The van der Waals surface area contributed by atoms with Crippen LogP contribution in [0.3, 0.4) is 0 Å². The maximum absolute atomic E-state index is 11.9. The van der Waals surface area contributed by atoms with Gasteiger partial charge in [0.25, 0.3) is 0 Å². The van der Waals surface area contributed by atoms with Crippen molar-refractivity contribution >= 4 is 11.5 Å². The molecular weight excluding hydrogens is 262 g/mol. The first-order chi connectivity index (χ1) is 10.3. The summed E-state index contributed by atoms with van der Waals surface area (Å²) in [5.74, 6) is -0.255. The number of carbonyl (C=O) groups is 1. The van der Waals surface area contributed by atoms with E-state index in [9.17, 15) is 4.79 Å². The first-order valence-electron chi connectivity index (χ1n) is 7.60. The van der Waals surface area contributed by atoms with Gasteiger partial charge in [-0.25, -0.2) is 9.79 Å². The van der Waals surface area contributed by atoms with Gasteiger partial charge < -0.3 is 4.74 Å². The van der Waals surface area contributed by atoms with Gasteiger partial charge in [-0.15, -0.1) is 0 Å². The average molecular weight is 279 g/mol. The fourth-order valence-corrected chi connectivity index (χ4v) is 3.52. The predicted octanol–water partition coefficient (Wildman–Crippen LogP) is 2.42. The third-order valence-corrected chi connectivity index (χ3v) is 4.45. The standard InChI is InChI=1S/C18H17NO2/c1-2-21-18(20)12-7-8-15-14(10-12)17-13-5-3-4-11(13)6-9-16(17)19-15/h7-10H,2-6H2,1H3. The molecule has 0 atom stereocenters. The van der Waals surface area contributed by atoms with Gasteiger partial charge in [0.15, 0.2) is 0 Å². The molecule has 1 aromatic carbocycles. The molecule has 0 N–H and O–H groups in total. The molecule has 1 aromatic rings. The molecule has 1 aliphatic heterocycles. The van der Waals surface area contributed by atoms with E-state index < -0.39 is 0 Å². The smallest absolute Gasteiger partial charge is 0.338 e. The first-order valence-corrected chi connectivity index (χ1v) is 7.60.